The van der Waals surface area contributed by atoms with Gasteiger partial charge < -0.3 is 10.5 Å². The largest absolute Gasteiger partial charge is 0.436 e. The van der Waals surface area contributed by atoms with Crippen molar-refractivity contribution < 1.29 is 4.74 Å². The van der Waals surface area contributed by atoms with Crippen LogP contribution in [0.15, 0.2) is 40.2 Å². The predicted molar refractivity (Wildman–Crippen MR) is 92.5 cm³/mol. The fourth-order valence-corrected chi connectivity index (χ4v) is 2.21. The van der Waals surface area contributed by atoms with Crippen LogP contribution in [0.1, 0.15) is 20.3 Å². The summed E-state index contributed by atoms with van der Waals surface area (Å²) >= 11 is 18.3. The Bertz CT molecular complexity index is 559. The molecule has 114 valence electrons. The number of anilines is 1. The molecule has 0 bridgehead atoms. The molecule has 1 rings (SSSR count). The number of hydrogen-bond donors (Lipinski definition) is 1. The van der Waals surface area contributed by atoms with Crippen LogP contribution < -0.4 is 10.5 Å². The Labute approximate surface area is 140 Å². The first-order valence-electron chi connectivity index (χ1n) is 6.35. The summed E-state index contributed by atoms with van der Waals surface area (Å²) in [6, 6.07) is 3.09. The molecule has 0 heterocycles. The number of nitrogen functional groups attached to an aromatic ring is 1. The highest BCUT2D eigenvalue weighted by Crippen LogP contribution is 2.36. The Morgan fingerprint density at radius 1 is 1.38 bits per heavy atom. The van der Waals surface area contributed by atoms with Gasteiger partial charge in [-0.25, -0.2) is 4.99 Å². The van der Waals surface area contributed by atoms with Gasteiger partial charge in [-0.05, 0) is 37.3 Å². The van der Waals surface area contributed by atoms with Gasteiger partial charge in [0.05, 0.1) is 10.0 Å². The molecule has 0 aliphatic carbocycles. The van der Waals surface area contributed by atoms with Crippen LogP contribution in [0.3, 0.4) is 0 Å². The van der Waals surface area contributed by atoms with Crippen LogP contribution in [0.2, 0.25) is 10.0 Å². The van der Waals surface area contributed by atoms with Crippen molar-refractivity contribution in [2.24, 2.45) is 10.9 Å². The van der Waals surface area contributed by atoms with Crippen LogP contribution in [0.5, 0.6) is 5.75 Å². The van der Waals surface area contributed by atoms with Crippen molar-refractivity contribution in [1.29, 1.82) is 0 Å². The maximum absolute atomic E-state index is 6.15. The lowest BCUT2D eigenvalue weighted by molar-refractivity contribution is 0.422. The van der Waals surface area contributed by atoms with Crippen LogP contribution in [0.25, 0.3) is 0 Å². The van der Waals surface area contributed by atoms with Gasteiger partial charge in [0.15, 0.2) is 5.75 Å². The molecule has 1 aromatic carbocycles. The summed E-state index contributed by atoms with van der Waals surface area (Å²) in [5, 5.41) is 1.30. The Morgan fingerprint density at radius 2 is 1.95 bits per heavy atom. The van der Waals surface area contributed by atoms with Crippen molar-refractivity contribution in [2.75, 3.05) is 5.73 Å². The lowest BCUT2D eigenvalue weighted by atomic mass is 10.1. The predicted octanol–water partition coefficient (Wildman–Crippen LogP) is 5.67. The number of rotatable bonds is 6. The Hall–Kier alpha value is -1.16. The summed E-state index contributed by atoms with van der Waals surface area (Å²) in [7, 11) is 0. The quantitative estimate of drug-likeness (QED) is 0.312. The zero-order valence-corrected chi connectivity index (χ0v) is 14.1. The van der Waals surface area contributed by atoms with E-state index in [0.717, 1.165) is 6.42 Å². The van der Waals surface area contributed by atoms with Gasteiger partial charge in [-0.15, -0.1) is 0 Å². The maximum Gasteiger partial charge on any atom is 0.218 e. The normalized spacial score (nSPS) is 14.0. The van der Waals surface area contributed by atoms with Crippen LogP contribution in [-0.2, 0) is 0 Å². The molecular weight excluding hydrogens is 331 g/mol. The summed E-state index contributed by atoms with van der Waals surface area (Å²) in [4.78, 5) is 3.78. The third kappa shape index (κ3) is 5.27. The second kappa shape index (κ2) is 8.32. The summed E-state index contributed by atoms with van der Waals surface area (Å²) in [5.41, 5.74) is 6.09. The van der Waals surface area contributed by atoms with E-state index >= 15 is 0 Å². The standard InChI is InChI=1S/C15H17Cl3N2O/c1-4-9(2)11(16)5-6-14(20-3)21-15-12(17)7-10(19)8-13(15)18/h5-9H,3-4,19H2,1-2H3. The van der Waals surface area contributed by atoms with Crippen LogP contribution in [-0.4, -0.2) is 6.72 Å². The molecule has 0 spiro atoms. The first-order valence-corrected chi connectivity index (χ1v) is 7.48. The molecule has 0 saturated carbocycles. The molecule has 0 radical (unpaired) electrons. The number of nitrogens with two attached hydrogens (primary N) is 1. The molecule has 0 amide bonds. The third-order valence-corrected chi connectivity index (χ3v) is 3.91. The lowest BCUT2D eigenvalue weighted by Crippen LogP contribution is -1.96. The van der Waals surface area contributed by atoms with E-state index in [1.807, 2.05) is 6.92 Å². The van der Waals surface area contributed by atoms with Gasteiger partial charge in [0, 0.05) is 16.8 Å². The van der Waals surface area contributed by atoms with Crippen LogP contribution in [0, 0.1) is 5.92 Å². The number of ether oxygens (including phenoxy) is 1. The molecule has 1 unspecified atom stereocenters. The van der Waals surface area contributed by atoms with Gasteiger partial charge in [0.2, 0.25) is 5.88 Å². The minimum Gasteiger partial charge on any atom is -0.436 e. The van der Waals surface area contributed by atoms with E-state index in [2.05, 4.69) is 18.6 Å². The van der Waals surface area contributed by atoms with Gasteiger partial charge >= 0.3 is 0 Å². The number of halogens is 3. The van der Waals surface area contributed by atoms with Crippen LogP contribution >= 0.6 is 34.8 Å². The first-order chi connectivity index (χ1) is 9.88. The highest BCUT2D eigenvalue weighted by Gasteiger charge is 2.11. The number of allylic oxidation sites excluding steroid dienone is 3. The fourth-order valence-electron chi connectivity index (χ4n) is 1.41. The smallest absolute Gasteiger partial charge is 0.218 e. The zero-order chi connectivity index (χ0) is 16.0. The molecule has 0 aliphatic rings. The average Bonchev–Trinajstić information content (AvgIpc) is 2.44. The minimum absolute atomic E-state index is 0.241. The number of hydrogen-bond acceptors (Lipinski definition) is 3. The van der Waals surface area contributed by atoms with Gasteiger partial charge in [0.25, 0.3) is 0 Å². The summed E-state index contributed by atoms with van der Waals surface area (Å²) in [6.45, 7) is 7.54. The average molecular weight is 348 g/mol. The summed E-state index contributed by atoms with van der Waals surface area (Å²) < 4.78 is 5.55. The molecule has 2 N–H and O–H groups in total. The molecule has 1 aromatic rings. The van der Waals surface area contributed by atoms with Crippen LogP contribution in [0.4, 0.5) is 5.69 Å². The SMILES string of the molecule is C=NC(=CC=C(Cl)C(C)CC)Oc1c(Cl)cc(N)cc1Cl. The monoisotopic (exact) mass is 346 g/mol. The van der Waals surface area contributed by atoms with E-state index in [0.29, 0.717) is 20.8 Å². The van der Waals surface area contributed by atoms with Gasteiger partial charge in [-0.2, -0.15) is 0 Å². The van der Waals surface area contributed by atoms with E-state index in [4.69, 9.17) is 45.3 Å². The van der Waals surface area contributed by atoms with Crippen molar-refractivity contribution in [3.05, 3.63) is 45.2 Å². The third-order valence-electron chi connectivity index (χ3n) is 2.85. The molecule has 1 atom stereocenters. The summed E-state index contributed by atoms with van der Waals surface area (Å²) in [5.74, 6) is 0.780. The van der Waals surface area contributed by atoms with Crippen molar-refractivity contribution in [3.63, 3.8) is 0 Å². The van der Waals surface area contributed by atoms with Gasteiger partial charge in [-0.1, -0.05) is 48.7 Å². The number of nitrogens with zero attached hydrogens (tertiary/aromatic N) is 1. The molecule has 0 aliphatic heterocycles. The topological polar surface area (TPSA) is 47.6 Å². The second-order valence-electron chi connectivity index (χ2n) is 4.44. The molecule has 6 heteroatoms. The molecule has 3 nitrogen and oxygen atoms in total. The van der Waals surface area contributed by atoms with Gasteiger partial charge in [-0.3, -0.25) is 0 Å². The van der Waals surface area contributed by atoms with E-state index in [1.54, 1.807) is 24.3 Å². The molecule has 21 heavy (non-hydrogen) atoms. The van der Waals surface area contributed by atoms with Crippen molar-refractivity contribution in [1.82, 2.24) is 0 Å². The second-order valence-corrected chi connectivity index (χ2v) is 5.69. The van der Waals surface area contributed by atoms with Gasteiger partial charge in [0.1, 0.15) is 0 Å². The van der Waals surface area contributed by atoms with E-state index in [1.165, 1.54) is 0 Å². The van der Waals surface area contributed by atoms with E-state index < -0.39 is 0 Å². The van der Waals surface area contributed by atoms with Crippen molar-refractivity contribution in [3.8, 4) is 5.75 Å². The highest BCUT2D eigenvalue weighted by molar-refractivity contribution is 6.37. The van der Waals surface area contributed by atoms with E-state index in [9.17, 15) is 0 Å². The lowest BCUT2D eigenvalue weighted by Gasteiger charge is -2.10. The maximum atomic E-state index is 6.15. The molecular formula is C15H17Cl3N2O. The Morgan fingerprint density at radius 3 is 2.43 bits per heavy atom. The Balaban J connectivity index is 3.01. The minimum atomic E-state index is 0.241. The highest BCUT2D eigenvalue weighted by atomic mass is 35.5. The number of aliphatic imine (C=N–C) groups is 1. The zero-order valence-electron chi connectivity index (χ0n) is 11.9. The fraction of sp³-hybridized carbons (Fsp3) is 0.267. The summed E-state index contributed by atoms with van der Waals surface area (Å²) in [6.07, 6.45) is 4.28. The molecule has 0 fully saturated rings. The molecule has 0 saturated heterocycles. The first kappa shape index (κ1) is 17.9. The Kier molecular flexibility index (Phi) is 7.09. The number of benzene rings is 1. The molecule has 0 aromatic heterocycles. The van der Waals surface area contributed by atoms with E-state index in [-0.39, 0.29) is 17.6 Å². The van der Waals surface area contributed by atoms with Crippen molar-refractivity contribution in [2.45, 2.75) is 20.3 Å². The van der Waals surface area contributed by atoms with Crippen molar-refractivity contribution >= 4 is 47.2 Å².